The Kier molecular flexibility index (Phi) is 7.30. The van der Waals surface area contributed by atoms with Gasteiger partial charge in [0.25, 0.3) is 5.91 Å². The van der Waals surface area contributed by atoms with E-state index < -0.39 is 42.0 Å². The van der Waals surface area contributed by atoms with Gasteiger partial charge in [-0.2, -0.15) is 14.0 Å². The Bertz CT molecular complexity index is 1040. The molecular weight excluding hydrogens is 430 g/mol. The van der Waals surface area contributed by atoms with Crippen LogP contribution >= 0.6 is 0 Å². The fraction of sp³-hybridized carbons (Fsp3) is 0.318. The molecule has 2 aromatic rings. The standard InChI is InChI=1S/C22H19F4N3O3/c23-14-7-8-15(17(24)10-14)18(11-27)28-20(30)13-4-3-9-29(12-13)21(31)16-5-1-2-6-19(16)32-22(25)26/h1-2,5-8,10,13,18,22H,3-4,9,12H2,(H,28,30). The fourth-order valence-electron chi connectivity index (χ4n) is 3.56. The van der Waals surface area contributed by atoms with E-state index in [4.69, 9.17) is 0 Å². The third-order valence-electron chi connectivity index (χ3n) is 5.10. The molecule has 2 atom stereocenters. The van der Waals surface area contributed by atoms with Crippen LogP contribution in [0.15, 0.2) is 42.5 Å². The Labute approximate surface area is 181 Å². The minimum atomic E-state index is -3.10. The van der Waals surface area contributed by atoms with Gasteiger partial charge in [-0.1, -0.05) is 18.2 Å². The van der Waals surface area contributed by atoms with Gasteiger partial charge in [0.2, 0.25) is 5.91 Å². The summed E-state index contributed by atoms with van der Waals surface area (Å²) in [5.41, 5.74) is -0.235. The number of rotatable bonds is 6. The number of carbonyl (C=O) groups excluding carboxylic acids is 2. The summed E-state index contributed by atoms with van der Waals surface area (Å²) in [5, 5.41) is 11.8. The summed E-state index contributed by atoms with van der Waals surface area (Å²) in [5.74, 6) is -3.89. The highest BCUT2D eigenvalue weighted by atomic mass is 19.3. The largest absolute Gasteiger partial charge is 0.434 e. The molecule has 0 aliphatic carbocycles. The predicted octanol–water partition coefficient (Wildman–Crippen LogP) is 3.80. The Morgan fingerprint density at radius 1 is 1.19 bits per heavy atom. The van der Waals surface area contributed by atoms with Crippen LogP contribution in [-0.2, 0) is 4.79 Å². The van der Waals surface area contributed by atoms with Crippen LogP contribution in [0.4, 0.5) is 17.6 Å². The number of nitriles is 1. The normalized spacial score (nSPS) is 16.9. The number of nitrogens with one attached hydrogen (secondary N) is 1. The molecule has 1 aliphatic rings. The number of ether oxygens (including phenoxy) is 1. The second-order valence-electron chi connectivity index (χ2n) is 7.20. The number of likely N-dealkylation sites (tertiary alicyclic amines) is 1. The van der Waals surface area contributed by atoms with E-state index in [1.165, 1.54) is 29.2 Å². The minimum absolute atomic E-state index is 0.0161. The lowest BCUT2D eigenvalue weighted by Crippen LogP contribution is -2.46. The maximum Gasteiger partial charge on any atom is 0.387 e. The van der Waals surface area contributed by atoms with Gasteiger partial charge in [-0.05, 0) is 31.0 Å². The van der Waals surface area contributed by atoms with Crippen LogP contribution in [0, 0.1) is 28.9 Å². The maximum absolute atomic E-state index is 14.0. The zero-order valence-electron chi connectivity index (χ0n) is 16.7. The van der Waals surface area contributed by atoms with E-state index in [0.717, 1.165) is 12.1 Å². The van der Waals surface area contributed by atoms with Crippen molar-refractivity contribution in [3.05, 3.63) is 65.2 Å². The number of nitrogens with zero attached hydrogens (tertiary/aromatic N) is 2. The molecule has 1 fully saturated rings. The Morgan fingerprint density at radius 2 is 1.94 bits per heavy atom. The van der Waals surface area contributed by atoms with Gasteiger partial charge in [0, 0.05) is 24.7 Å². The fourth-order valence-corrected chi connectivity index (χ4v) is 3.56. The molecule has 6 nitrogen and oxygen atoms in total. The number of amides is 2. The monoisotopic (exact) mass is 449 g/mol. The van der Waals surface area contributed by atoms with Crippen molar-refractivity contribution in [2.45, 2.75) is 25.5 Å². The highest BCUT2D eigenvalue weighted by molar-refractivity contribution is 5.97. The van der Waals surface area contributed by atoms with Crippen molar-refractivity contribution in [3.8, 4) is 11.8 Å². The van der Waals surface area contributed by atoms with Crippen molar-refractivity contribution in [2.75, 3.05) is 13.1 Å². The first kappa shape index (κ1) is 23.1. The summed E-state index contributed by atoms with van der Waals surface area (Å²) < 4.78 is 56.8. The quantitative estimate of drug-likeness (QED) is 0.681. The molecule has 2 amide bonds. The number of para-hydroxylation sites is 1. The summed E-state index contributed by atoms with van der Waals surface area (Å²) in [6, 6.07) is 8.68. The lowest BCUT2D eigenvalue weighted by Gasteiger charge is -2.32. The first-order valence-corrected chi connectivity index (χ1v) is 9.78. The summed E-state index contributed by atoms with van der Waals surface area (Å²) in [6.45, 7) is -2.81. The van der Waals surface area contributed by atoms with E-state index in [-0.39, 0.29) is 23.4 Å². The van der Waals surface area contributed by atoms with Crippen LogP contribution < -0.4 is 10.1 Å². The summed E-state index contributed by atoms with van der Waals surface area (Å²) in [6.07, 6.45) is 0.874. The highest BCUT2D eigenvalue weighted by Crippen LogP contribution is 2.26. The summed E-state index contributed by atoms with van der Waals surface area (Å²) in [4.78, 5) is 26.9. The van der Waals surface area contributed by atoms with Gasteiger partial charge in [0.1, 0.15) is 23.4 Å². The summed E-state index contributed by atoms with van der Waals surface area (Å²) >= 11 is 0. The van der Waals surface area contributed by atoms with Crippen LogP contribution in [0.2, 0.25) is 0 Å². The molecule has 3 rings (SSSR count). The number of hydrogen-bond donors (Lipinski definition) is 1. The van der Waals surface area contributed by atoms with Crippen LogP contribution in [0.5, 0.6) is 5.75 Å². The topological polar surface area (TPSA) is 82.4 Å². The number of benzene rings is 2. The molecule has 1 heterocycles. The van der Waals surface area contributed by atoms with Gasteiger partial charge in [-0.15, -0.1) is 0 Å². The van der Waals surface area contributed by atoms with Crippen LogP contribution in [0.25, 0.3) is 0 Å². The number of carbonyl (C=O) groups is 2. The van der Waals surface area contributed by atoms with Gasteiger partial charge < -0.3 is 15.0 Å². The molecule has 168 valence electrons. The average Bonchev–Trinajstić information content (AvgIpc) is 2.77. The van der Waals surface area contributed by atoms with Crippen molar-refractivity contribution < 1.29 is 31.9 Å². The number of halogens is 4. The first-order valence-electron chi connectivity index (χ1n) is 9.78. The second kappa shape index (κ2) is 10.1. The molecule has 2 aromatic carbocycles. The van der Waals surface area contributed by atoms with Crippen molar-refractivity contribution in [1.29, 1.82) is 5.26 Å². The average molecular weight is 449 g/mol. The van der Waals surface area contributed by atoms with E-state index >= 15 is 0 Å². The van der Waals surface area contributed by atoms with Crippen LogP contribution in [0.3, 0.4) is 0 Å². The zero-order chi connectivity index (χ0) is 23.3. The smallest absolute Gasteiger partial charge is 0.387 e. The van der Waals surface area contributed by atoms with E-state index in [1.54, 1.807) is 6.07 Å². The molecule has 1 N–H and O–H groups in total. The van der Waals surface area contributed by atoms with E-state index in [2.05, 4.69) is 10.1 Å². The first-order chi connectivity index (χ1) is 15.3. The highest BCUT2D eigenvalue weighted by Gasteiger charge is 2.32. The molecule has 10 heteroatoms. The van der Waals surface area contributed by atoms with E-state index in [9.17, 15) is 32.4 Å². The molecular formula is C22H19F4N3O3. The molecule has 0 aromatic heterocycles. The Hall–Kier alpha value is -3.61. The van der Waals surface area contributed by atoms with Gasteiger partial charge in [-0.3, -0.25) is 9.59 Å². The number of piperidine rings is 1. The SMILES string of the molecule is N#CC(NC(=O)C1CCCN(C(=O)c2ccccc2OC(F)F)C1)c1ccc(F)cc1F. The summed E-state index contributed by atoms with van der Waals surface area (Å²) in [7, 11) is 0. The van der Waals surface area contributed by atoms with Crippen LogP contribution in [0.1, 0.15) is 34.8 Å². The molecule has 1 saturated heterocycles. The Balaban J connectivity index is 1.71. The van der Waals surface area contributed by atoms with Gasteiger partial charge in [-0.25, -0.2) is 8.78 Å². The molecule has 2 unspecified atom stereocenters. The second-order valence-corrected chi connectivity index (χ2v) is 7.20. The third-order valence-corrected chi connectivity index (χ3v) is 5.10. The lowest BCUT2D eigenvalue weighted by molar-refractivity contribution is -0.126. The van der Waals surface area contributed by atoms with Crippen molar-refractivity contribution in [2.24, 2.45) is 5.92 Å². The van der Waals surface area contributed by atoms with E-state index in [1.807, 2.05) is 0 Å². The predicted molar refractivity (Wildman–Crippen MR) is 105 cm³/mol. The van der Waals surface area contributed by atoms with Gasteiger partial charge in [0.05, 0.1) is 17.6 Å². The Morgan fingerprint density at radius 3 is 2.62 bits per heavy atom. The third kappa shape index (κ3) is 5.35. The molecule has 0 bridgehead atoms. The molecule has 0 radical (unpaired) electrons. The number of hydrogen-bond acceptors (Lipinski definition) is 4. The van der Waals surface area contributed by atoms with Crippen molar-refractivity contribution in [1.82, 2.24) is 10.2 Å². The van der Waals surface area contributed by atoms with Crippen LogP contribution in [-0.4, -0.2) is 36.4 Å². The minimum Gasteiger partial charge on any atom is -0.434 e. The number of alkyl halides is 2. The maximum atomic E-state index is 14.0. The zero-order valence-corrected chi connectivity index (χ0v) is 16.7. The molecule has 32 heavy (non-hydrogen) atoms. The lowest BCUT2D eigenvalue weighted by atomic mass is 9.95. The van der Waals surface area contributed by atoms with Gasteiger partial charge in [0.15, 0.2) is 0 Å². The molecule has 0 spiro atoms. The molecule has 1 aliphatic heterocycles. The van der Waals surface area contributed by atoms with E-state index in [0.29, 0.717) is 25.5 Å². The van der Waals surface area contributed by atoms with Crippen molar-refractivity contribution in [3.63, 3.8) is 0 Å². The molecule has 0 saturated carbocycles. The van der Waals surface area contributed by atoms with Crippen molar-refractivity contribution >= 4 is 11.8 Å². The van der Waals surface area contributed by atoms with Gasteiger partial charge >= 0.3 is 6.61 Å².